The van der Waals surface area contributed by atoms with E-state index in [2.05, 4.69) is 4.98 Å². The van der Waals surface area contributed by atoms with E-state index in [0.29, 0.717) is 0 Å². The van der Waals surface area contributed by atoms with Crippen molar-refractivity contribution < 1.29 is 0 Å². The number of fused-ring (bicyclic) bond motifs is 1. The van der Waals surface area contributed by atoms with E-state index in [0.717, 1.165) is 20.7 Å². The number of nitrogens with zero attached hydrogens (tertiary/aromatic N) is 2. The predicted molar refractivity (Wildman–Crippen MR) is 69.3 cm³/mol. The number of rotatable bonds is 1. The Hall–Kier alpha value is -1.52. The van der Waals surface area contributed by atoms with Gasteiger partial charge in [-0.25, -0.2) is 4.98 Å². The zero-order valence-electron chi connectivity index (χ0n) is 8.33. The van der Waals surface area contributed by atoms with Gasteiger partial charge in [0, 0.05) is 23.3 Å². The van der Waals surface area contributed by atoms with E-state index in [1.165, 1.54) is 0 Å². The molecule has 3 aromatic rings. The van der Waals surface area contributed by atoms with Crippen molar-refractivity contribution in [2.45, 2.75) is 0 Å². The fourth-order valence-corrected chi connectivity index (χ4v) is 2.70. The van der Waals surface area contributed by atoms with Gasteiger partial charge in [0.15, 0.2) is 4.96 Å². The fourth-order valence-electron chi connectivity index (χ4n) is 1.64. The number of aromatic nitrogens is 2. The summed E-state index contributed by atoms with van der Waals surface area (Å²) >= 11 is 7.05. The maximum Gasteiger partial charge on any atom is 0.194 e. The average molecular weight is 244 g/mol. The summed E-state index contributed by atoms with van der Waals surface area (Å²) in [6.07, 6.45) is 3.81. The minimum atomic E-state index is 0.817. The number of thiazole rings is 1. The smallest absolute Gasteiger partial charge is 0.194 e. The van der Waals surface area contributed by atoms with Crippen LogP contribution in [0.3, 0.4) is 0 Å². The maximum atomic E-state index is 5.46. The van der Waals surface area contributed by atoms with Crippen molar-refractivity contribution in [3.05, 3.63) is 52.7 Å². The lowest BCUT2D eigenvalue weighted by atomic mass is 10.1. The molecule has 3 rings (SSSR count). The number of hydrogen-bond acceptors (Lipinski definition) is 3. The maximum absolute atomic E-state index is 5.46. The highest BCUT2D eigenvalue weighted by atomic mass is 32.1. The van der Waals surface area contributed by atoms with E-state index in [9.17, 15) is 0 Å². The summed E-state index contributed by atoms with van der Waals surface area (Å²) in [5.41, 5.74) is 2.12. The molecule has 0 fully saturated rings. The first-order valence-electron chi connectivity index (χ1n) is 4.86. The SMILES string of the molecule is S=c1c(-c2ccccc2)cnc2sccn12. The van der Waals surface area contributed by atoms with Crippen LogP contribution >= 0.6 is 23.6 Å². The molecule has 78 valence electrons. The second-order valence-electron chi connectivity index (χ2n) is 3.40. The minimum absolute atomic E-state index is 0.817. The molecular formula is C12H8N2S2. The number of hydrogen-bond donors (Lipinski definition) is 0. The van der Waals surface area contributed by atoms with Crippen molar-refractivity contribution in [1.82, 2.24) is 9.38 Å². The van der Waals surface area contributed by atoms with Gasteiger partial charge in [0.2, 0.25) is 0 Å². The topological polar surface area (TPSA) is 17.3 Å². The molecule has 2 aromatic heterocycles. The van der Waals surface area contributed by atoms with E-state index >= 15 is 0 Å². The summed E-state index contributed by atoms with van der Waals surface area (Å²) in [6.45, 7) is 0. The minimum Gasteiger partial charge on any atom is -0.282 e. The van der Waals surface area contributed by atoms with Crippen molar-refractivity contribution in [3.63, 3.8) is 0 Å². The van der Waals surface area contributed by atoms with Gasteiger partial charge in [0.05, 0.1) is 0 Å². The standard InChI is InChI=1S/C12H8N2S2/c15-11-10(9-4-2-1-3-5-9)8-13-12-14(11)6-7-16-12/h1-8H. The van der Waals surface area contributed by atoms with E-state index in [4.69, 9.17) is 12.2 Å². The van der Waals surface area contributed by atoms with Crippen LogP contribution in [0.15, 0.2) is 48.1 Å². The van der Waals surface area contributed by atoms with Crippen molar-refractivity contribution >= 4 is 28.5 Å². The van der Waals surface area contributed by atoms with Crippen LogP contribution in [0.4, 0.5) is 0 Å². The Morgan fingerprint density at radius 1 is 1.19 bits per heavy atom. The summed E-state index contributed by atoms with van der Waals surface area (Å²) in [6, 6.07) is 10.1. The molecule has 0 saturated carbocycles. The first-order chi connectivity index (χ1) is 7.86. The van der Waals surface area contributed by atoms with Gasteiger partial charge in [-0.05, 0) is 5.56 Å². The molecule has 0 radical (unpaired) electrons. The molecule has 0 saturated heterocycles. The summed E-state index contributed by atoms with van der Waals surface area (Å²) < 4.78 is 2.76. The third-order valence-corrected chi connectivity index (χ3v) is 3.61. The molecule has 4 heteroatoms. The molecule has 0 aliphatic rings. The van der Waals surface area contributed by atoms with Crippen molar-refractivity contribution in [3.8, 4) is 11.1 Å². The van der Waals surface area contributed by atoms with Gasteiger partial charge in [0.25, 0.3) is 0 Å². The highest BCUT2D eigenvalue weighted by Gasteiger charge is 2.03. The molecule has 0 amide bonds. The Labute approximate surface area is 102 Å². The summed E-state index contributed by atoms with van der Waals surface area (Å²) in [4.78, 5) is 5.33. The largest absolute Gasteiger partial charge is 0.282 e. The molecule has 2 heterocycles. The van der Waals surface area contributed by atoms with Crippen LogP contribution < -0.4 is 0 Å². The Morgan fingerprint density at radius 2 is 2.00 bits per heavy atom. The predicted octanol–water partition coefficient (Wildman–Crippen LogP) is 3.79. The van der Waals surface area contributed by atoms with Crippen LogP contribution in [0.1, 0.15) is 0 Å². The lowest BCUT2D eigenvalue weighted by Crippen LogP contribution is -1.90. The van der Waals surface area contributed by atoms with Gasteiger partial charge in [-0.1, -0.05) is 42.5 Å². The molecule has 2 nitrogen and oxygen atoms in total. The highest BCUT2D eigenvalue weighted by Crippen LogP contribution is 2.21. The van der Waals surface area contributed by atoms with Gasteiger partial charge in [0.1, 0.15) is 4.64 Å². The monoisotopic (exact) mass is 244 g/mol. The Bertz CT molecular complexity index is 683. The van der Waals surface area contributed by atoms with Crippen LogP contribution in [-0.2, 0) is 0 Å². The highest BCUT2D eigenvalue weighted by molar-refractivity contribution is 7.71. The fraction of sp³-hybridized carbons (Fsp3) is 0. The summed E-state index contributed by atoms with van der Waals surface area (Å²) in [5.74, 6) is 0. The van der Waals surface area contributed by atoms with Gasteiger partial charge >= 0.3 is 0 Å². The van der Waals surface area contributed by atoms with E-state index in [-0.39, 0.29) is 0 Å². The Morgan fingerprint density at radius 3 is 2.81 bits per heavy atom. The normalized spacial score (nSPS) is 10.8. The van der Waals surface area contributed by atoms with Gasteiger partial charge in [-0.2, -0.15) is 0 Å². The quantitative estimate of drug-likeness (QED) is 0.606. The van der Waals surface area contributed by atoms with E-state index < -0.39 is 0 Å². The Kier molecular flexibility index (Phi) is 2.31. The second kappa shape index (κ2) is 3.81. The molecular weight excluding hydrogens is 236 g/mol. The first kappa shape index (κ1) is 9.69. The Balaban J connectivity index is 2.33. The molecule has 1 aromatic carbocycles. The van der Waals surface area contributed by atoms with Gasteiger partial charge < -0.3 is 0 Å². The number of benzene rings is 1. The van der Waals surface area contributed by atoms with Gasteiger partial charge in [-0.15, -0.1) is 11.3 Å². The van der Waals surface area contributed by atoms with Crippen molar-refractivity contribution in [2.75, 3.05) is 0 Å². The molecule has 0 aliphatic heterocycles. The molecule has 0 bridgehead atoms. The molecule has 0 aliphatic carbocycles. The van der Waals surface area contributed by atoms with Crippen LogP contribution in [0.2, 0.25) is 0 Å². The zero-order chi connectivity index (χ0) is 11.0. The van der Waals surface area contributed by atoms with Crippen LogP contribution in [0, 0.1) is 4.64 Å². The average Bonchev–Trinajstić information content (AvgIpc) is 2.80. The van der Waals surface area contributed by atoms with Crippen LogP contribution in [0.25, 0.3) is 16.1 Å². The van der Waals surface area contributed by atoms with Gasteiger partial charge in [-0.3, -0.25) is 4.40 Å². The van der Waals surface area contributed by atoms with E-state index in [1.807, 2.05) is 52.5 Å². The van der Waals surface area contributed by atoms with Crippen molar-refractivity contribution in [1.29, 1.82) is 0 Å². The van der Waals surface area contributed by atoms with Crippen molar-refractivity contribution in [2.24, 2.45) is 0 Å². The molecule has 0 unspecified atom stereocenters. The lowest BCUT2D eigenvalue weighted by molar-refractivity contribution is 1.12. The van der Waals surface area contributed by atoms with Crippen LogP contribution in [-0.4, -0.2) is 9.38 Å². The molecule has 0 spiro atoms. The third kappa shape index (κ3) is 1.47. The third-order valence-electron chi connectivity index (χ3n) is 2.43. The summed E-state index contributed by atoms with van der Waals surface area (Å²) in [5, 5.41) is 1.99. The van der Waals surface area contributed by atoms with Crippen LogP contribution in [0.5, 0.6) is 0 Å². The molecule has 0 N–H and O–H groups in total. The molecule has 0 atom stereocenters. The summed E-state index contributed by atoms with van der Waals surface area (Å²) in [7, 11) is 0. The first-order valence-corrected chi connectivity index (χ1v) is 6.15. The van der Waals surface area contributed by atoms with E-state index in [1.54, 1.807) is 11.3 Å². The zero-order valence-corrected chi connectivity index (χ0v) is 9.96. The molecule has 16 heavy (non-hydrogen) atoms. The lowest BCUT2D eigenvalue weighted by Gasteiger charge is -2.02. The second-order valence-corrected chi connectivity index (χ2v) is 4.66.